The Morgan fingerprint density at radius 3 is 1.05 bits per heavy atom. The second-order valence-electron chi connectivity index (χ2n) is 16.4. The Kier molecular flexibility index (Phi) is 44.9. The molecule has 0 fully saturated rings. The van der Waals surface area contributed by atoms with E-state index in [-0.39, 0.29) is 31.1 Å². The van der Waals surface area contributed by atoms with Crippen molar-refractivity contribution in [2.45, 2.75) is 252 Å². The zero-order valence-electron chi connectivity index (χ0n) is 38.3. The lowest BCUT2D eigenvalue weighted by molar-refractivity contribution is -0.167. The maximum atomic E-state index is 12.8. The van der Waals surface area contributed by atoms with Crippen LogP contribution in [0.1, 0.15) is 245 Å². The molecule has 0 aromatic rings. The lowest BCUT2D eigenvalue weighted by atomic mass is 10.0. The molecule has 0 aromatic heterocycles. The lowest BCUT2D eigenvalue weighted by Gasteiger charge is -2.18. The molecule has 0 bridgehead atoms. The summed E-state index contributed by atoms with van der Waals surface area (Å²) < 4.78 is 16.7. The number of carbonyl (C=O) groups is 3. The van der Waals surface area contributed by atoms with Crippen LogP contribution in [0.5, 0.6) is 0 Å². The Bertz CT molecular complexity index is 1030. The van der Waals surface area contributed by atoms with Gasteiger partial charge in [0.2, 0.25) is 0 Å². The third kappa shape index (κ3) is 44.5. The maximum Gasteiger partial charge on any atom is 0.306 e. The molecule has 0 radical (unpaired) electrons. The highest BCUT2D eigenvalue weighted by atomic mass is 16.6. The summed E-state index contributed by atoms with van der Waals surface area (Å²) >= 11 is 0. The summed E-state index contributed by atoms with van der Waals surface area (Å²) in [4.78, 5) is 37.8. The van der Waals surface area contributed by atoms with E-state index in [2.05, 4.69) is 69.4 Å². The molecular formula is C52H92O6. The van der Waals surface area contributed by atoms with Crippen LogP contribution >= 0.6 is 0 Å². The fourth-order valence-corrected chi connectivity index (χ4v) is 6.90. The molecule has 0 aliphatic heterocycles. The van der Waals surface area contributed by atoms with Gasteiger partial charge in [0.25, 0.3) is 0 Å². The van der Waals surface area contributed by atoms with Crippen molar-refractivity contribution < 1.29 is 28.6 Å². The fraction of sp³-hybridized carbons (Fsp3) is 0.788. The number of rotatable bonds is 44. The van der Waals surface area contributed by atoms with Crippen LogP contribution in [0, 0.1) is 0 Å². The Hall–Kier alpha value is -2.63. The van der Waals surface area contributed by atoms with E-state index in [9.17, 15) is 14.4 Å². The molecule has 0 N–H and O–H groups in total. The highest BCUT2D eigenvalue weighted by Crippen LogP contribution is 2.15. The highest BCUT2D eigenvalue weighted by molar-refractivity contribution is 5.71. The first-order valence-electron chi connectivity index (χ1n) is 24.6. The van der Waals surface area contributed by atoms with E-state index in [1.807, 2.05) is 0 Å². The van der Waals surface area contributed by atoms with Gasteiger partial charge in [0.05, 0.1) is 0 Å². The number of hydrogen-bond donors (Lipinski definition) is 0. The van der Waals surface area contributed by atoms with E-state index in [1.54, 1.807) is 0 Å². The van der Waals surface area contributed by atoms with E-state index in [0.717, 1.165) is 83.5 Å². The zero-order chi connectivity index (χ0) is 42.3. The van der Waals surface area contributed by atoms with Crippen LogP contribution in [0.3, 0.4) is 0 Å². The fourth-order valence-electron chi connectivity index (χ4n) is 6.90. The van der Waals surface area contributed by atoms with Crippen molar-refractivity contribution in [1.82, 2.24) is 0 Å². The van der Waals surface area contributed by atoms with Gasteiger partial charge in [-0.3, -0.25) is 14.4 Å². The van der Waals surface area contributed by atoms with E-state index in [4.69, 9.17) is 14.2 Å². The molecule has 0 saturated heterocycles. The molecule has 6 nitrogen and oxygen atoms in total. The molecule has 0 aliphatic carbocycles. The number of carbonyl (C=O) groups excluding carboxylic acids is 3. The Labute approximate surface area is 358 Å². The van der Waals surface area contributed by atoms with Gasteiger partial charge in [-0.2, -0.15) is 0 Å². The van der Waals surface area contributed by atoms with Gasteiger partial charge in [0, 0.05) is 19.3 Å². The van der Waals surface area contributed by atoms with Crippen molar-refractivity contribution in [3.8, 4) is 0 Å². The number of hydrogen-bond acceptors (Lipinski definition) is 6. The third-order valence-corrected chi connectivity index (χ3v) is 10.6. The van der Waals surface area contributed by atoms with Gasteiger partial charge in [0.15, 0.2) is 6.10 Å². The molecule has 0 aromatic carbocycles. The minimum absolute atomic E-state index is 0.0829. The van der Waals surface area contributed by atoms with Crippen LogP contribution in [-0.4, -0.2) is 37.2 Å². The van der Waals surface area contributed by atoms with Gasteiger partial charge in [-0.05, 0) is 57.8 Å². The molecular weight excluding hydrogens is 721 g/mol. The van der Waals surface area contributed by atoms with E-state index >= 15 is 0 Å². The first-order valence-corrected chi connectivity index (χ1v) is 24.6. The maximum absolute atomic E-state index is 12.8. The summed E-state index contributed by atoms with van der Waals surface area (Å²) in [5, 5.41) is 0. The number of allylic oxidation sites excluding steroid dienone is 8. The van der Waals surface area contributed by atoms with Gasteiger partial charge in [0.1, 0.15) is 13.2 Å². The van der Waals surface area contributed by atoms with E-state index < -0.39 is 6.10 Å². The molecule has 0 rings (SSSR count). The number of unbranched alkanes of at least 4 members (excludes halogenated alkanes) is 25. The minimum atomic E-state index is -0.784. The largest absolute Gasteiger partial charge is 0.462 e. The molecule has 1 atom stereocenters. The molecule has 0 spiro atoms. The van der Waals surface area contributed by atoms with Gasteiger partial charge in [-0.1, -0.05) is 217 Å². The molecule has 6 heteroatoms. The Balaban J connectivity index is 4.42. The van der Waals surface area contributed by atoms with Crippen molar-refractivity contribution in [2.75, 3.05) is 13.2 Å². The molecule has 336 valence electrons. The van der Waals surface area contributed by atoms with Crippen molar-refractivity contribution in [2.24, 2.45) is 0 Å². The molecule has 0 aliphatic rings. The van der Waals surface area contributed by atoms with Crippen molar-refractivity contribution in [3.63, 3.8) is 0 Å². The average Bonchev–Trinajstić information content (AvgIpc) is 3.22. The SMILES string of the molecule is CC/C=C\C/C=C\C/C=C\C/C=C\CCCCC(=O)OCC(COC(=O)CCCCCCCCCCCCC)OC(=O)CCCCCCCCCCCCCCCC. The standard InChI is InChI=1S/C52H92O6/c1-4-7-10-13-16-19-22-24-26-28-30-33-36-39-42-45-51(54)57-48-49(47-56-50(53)44-41-38-35-32-29-21-18-15-12-9-6-3)58-52(55)46-43-40-37-34-31-27-25-23-20-17-14-11-8-5-2/h7,10,16,19,24,26,30,33,49H,4-6,8-9,11-15,17-18,20-23,25,27-29,31-32,34-48H2,1-3H3/b10-7-,19-16-,26-24-,33-30-. The molecule has 0 heterocycles. The van der Waals surface area contributed by atoms with Gasteiger partial charge >= 0.3 is 17.9 Å². The number of ether oxygens (including phenoxy) is 3. The molecule has 1 unspecified atom stereocenters. The first kappa shape index (κ1) is 55.4. The minimum Gasteiger partial charge on any atom is -0.462 e. The smallest absolute Gasteiger partial charge is 0.306 e. The highest BCUT2D eigenvalue weighted by Gasteiger charge is 2.19. The van der Waals surface area contributed by atoms with Gasteiger partial charge in [-0.25, -0.2) is 0 Å². The summed E-state index contributed by atoms with van der Waals surface area (Å²) in [6.07, 6.45) is 55.2. The lowest BCUT2D eigenvalue weighted by Crippen LogP contribution is -2.30. The van der Waals surface area contributed by atoms with Gasteiger partial charge < -0.3 is 14.2 Å². The van der Waals surface area contributed by atoms with Crippen LogP contribution in [0.2, 0.25) is 0 Å². The quantitative estimate of drug-likeness (QED) is 0.0264. The van der Waals surface area contributed by atoms with E-state index in [0.29, 0.717) is 19.3 Å². The topological polar surface area (TPSA) is 78.9 Å². The second-order valence-corrected chi connectivity index (χ2v) is 16.4. The molecule has 0 saturated carbocycles. The van der Waals surface area contributed by atoms with Crippen molar-refractivity contribution in [3.05, 3.63) is 48.6 Å². The van der Waals surface area contributed by atoms with Crippen LogP contribution in [0.4, 0.5) is 0 Å². The van der Waals surface area contributed by atoms with E-state index in [1.165, 1.54) is 122 Å². The summed E-state index contributed by atoms with van der Waals surface area (Å²) in [5.41, 5.74) is 0. The number of esters is 3. The predicted octanol–water partition coefficient (Wildman–Crippen LogP) is 15.9. The van der Waals surface area contributed by atoms with Gasteiger partial charge in [-0.15, -0.1) is 0 Å². The Morgan fingerprint density at radius 2 is 0.672 bits per heavy atom. The Morgan fingerprint density at radius 1 is 0.362 bits per heavy atom. The third-order valence-electron chi connectivity index (χ3n) is 10.6. The zero-order valence-corrected chi connectivity index (χ0v) is 38.3. The summed E-state index contributed by atoms with van der Waals surface area (Å²) in [6, 6.07) is 0. The summed E-state index contributed by atoms with van der Waals surface area (Å²) in [6.45, 7) is 6.49. The molecule has 0 amide bonds. The van der Waals surface area contributed by atoms with Crippen LogP contribution < -0.4 is 0 Å². The van der Waals surface area contributed by atoms with Crippen molar-refractivity contribution in [1.29, 1.82) is 0 Å². The molecule has 58 heavy (non-hydrogen) atoms. The van der Waals surface area contributed by atoms with Crippen LogP contribution in [0.25, 0.3) is 0 Å². The van der Waals surface area contributed by atoms with Crippen LogP contribution in [-0.2, 0) is 28.6 Å². The monoisotopic (exact) mass is 813 g/mol. The predicted molar refractivity (Wildman–Crippen MR) is 247 cm³/mol. The summed E-state index contributed by atoms with van der Waals surface area (Å²) in [7, 11) is 0. The normalized spacial score (nSPS) is 12.4. The average molecular weight is 813 g/mol. The summed E-state index contributed by atoms with van der Waals surface area (Å²) in [5.74, 6) is -0.920. The second kappa shape index (κ2) is 47.1. The van der Waals surface area contributed by atoms with Crippen LogP contribution in [0.15, 0.2) is 48.6 Å². The first-order chi connectivity index (χ1) is 28.5. The van der Waals surface area contributed by atoms with Crippen molar-refractivity contribution >= 4 is 17.9 Å².